The van der Waals surface area contributed by atoms with Gasteiger partial charge >= 0.3 is 0 Å². The lowest BCUT2D eigenvalue weighted by molar-refractivity contribution is -0.121. The molecule has 0 radical (unpaired) electrons. The normalized spacial score (nSPS) is 12.9. The fraction of sp³-hybridized carbons (Fsp3) is 0.0909. The third kappa shape index (κ3) is 3.93. The predicted octanol–water partition coefficient (Wildman–Crippen LogP) is 4.66. The van der Waals surface area contributed by atoms with Gasteiger partial charge in [0.15, 0.2) is 6.61 Å². The minimum atomic E-state index is -0.378. The van der Waals surface area contributed by atoms with Gasteiger partial charge in [0.25, 0.3) is 11.8 Å². The van der Waals surface area contributed by atoms with Crippen LogP contribution in [0.25, 0.3) is 0 Å². The van der Waals surface area contributed by atoms with Gasteiger partial charge in [0.2, 0.25) is 0 Å². The van der Waals surface area contributed by atoms with E-state index in [1.54, 1.807) is 60.7 Å². The van der Waals surface area contributed by atoms with E-state index >= 15 is 0 Å². The minimum absolute atomic E-state index is 0.0905. The number of halogens is 2. The van der Waals surface area contributed by atoms with E-state index < -0.39 is 0 Å². The number of hydrogen-bond donors (Lipinski definition) is 1. The Hall–Kier alpha value is -3.38. The summed E-state index contributed by atoms with van der Waals surface area (Å²) in [4.78, 5) is 26.3. The van der Waals surface area contributed by atoms with Gasteiger partial charge in [0, 0.05) is 17.3 Å². The average Bonchev–Trinajstić information content (AvgIpc) is 2.72. The third-order valence-electron chi connectivity index (χ3n) is 4.57. The number of nitrogens with zero attached hydrogens (tertiary/aromatic N) is 1. The molecule has 0 saturated carbocycles. The Labute approximate surface area is 171 Å². The molecule has 1 heterocycles. The molecule has 5 nitrogen and oxygen atoms in total. The summed E-state index contributed by atoms with van der Waals surface area (Å²) < 4.78 is 19.5. The second-order valence-corrected chi connectivity index (χ2v) is 6.88. The average molecular weight is 411 g/mol. The highest BCUT2D eigenvalue weighted by molar-refractivity contribution is 6.34. The number of anilines is 2. The number of carbonyl (C=O) groups is 2. The van der Waals surface area contributed by atoms with E-state index in [0.29, 0.717) is 33.3 Å². The highest BCUT2D eigenvalue weighted by atomic mass is 35.5. The maximum Gasteiger partial charge on any atom is 0.265 e. The zero-order valence-electron chi connectivity index (χ0n) is 15.2. The lowest BCUT2D eigenvalue weighted by Gasteiger charge is -2.30. The van der Waals surface area contributed by atoms with Crippen LogP contribution in [0.3, 0.4) is 0 Å². The van der Waals surface area contributed by atoms with E-state index in [1.165, 1.54) is 11.0 Å². The van der Waals surface area contributed by atoms with Crippen molar-refractivity contribution in [2.45, 2.75) is 6.54 Å². The molecule has 29 heavy (non-hydrogen) atoms. The molecule has 0 fully saturated rings. The zero-order chi connectivity index (χ0) is 20.4. The summed E-state index contributed by atoms with van der Waals surface area (Å²) in [6.07, 6.45) is 0. The molecule has 1 aliphatic rings. The van der Waals surface area contributed by atoms with E-state index in [9.17, 15) is 14.0 Å². The maximum atomic E-state index is 14.0. The third-order valence-corrected chi connectivity index (χ3v) is 4.90. The van der Waals surface area contributed by atoms with Crippen molar-refractivity contribution >= 4 is 34.8 Å². The molecule has 0 unspecified atom stereocenters. The monoisotopic (exact) mass is 410 g/mol. The molecular weight excluding hydrogens is 395 g/mol. The number of nitrogens with one attached hydrogen (secondary N) is 1. The van der Waals surface area contributed by atoms with Crippen LogP contribution in [0.2, 0.25) is 5.02 Å². The Kier molecular flexibility index (Phi) is 5.18. The molecule has 0 spiro atoms. The first-order chi connectivity index (χ1) is 14.0. The molecule has 0 atom stereocenters. The fourth-order valence-electron chi connectivity index (χ4n) is 3.10. The van der Waals surface area contributed by atoms with E-state index in [0.717, 1.165) is 0 Å². The van der Waals surface area contributed by atoms with Gasteiger partial charge in [0.1, 0.15) is 11.6 Å². The second-order valence-electron chi connectivity index (χ2n) is 6.48. The number of amides is 2. The summed E-state index contributed by atoms with van der Waals surface area (Å²) in [7, 11) is 0. The first-order valence-electron chi connectivity index (χ1n) is 8.89. The van der Waals surface area contributed by atoms with Crippen LogP contribution < -0.4 is 15.0 Å². The van der Waals surface area contributed by atoms with Crippen molar-refractivity contribution in [1.82, 2.24) is 0 Å². The van der Waals surface area contributed by atoms with Crippen molar-refractivity contribution in [3.05, 3.63) is 88.7 Å². The van der Waals surface area contributed by atoms with Crippen molar-refractivity contribution in [3.8, 4) is 5.75 Å². The summed E-state index contributed by atoms with van der Waals surface area (Å²) >= 11 is 6.07. The van der Waals surface area contributed by atoms with Crippen LogP contribution >= 0.6 is 11.6 Å². The minimum Gasteiger partial charge on any atom is -0.481 e. The molecule has 1 aliphatic heterocycles. The number of benzene rings is 3. The van der Waals surface area contributed by atoms with E-state index in [1.807, 2.05) is 0 Å². The van der Waals surface area contributed by atoms with Crippen LogP contribution in [-0.4, -0.2) is 18.4 Å². The molecule has 3 aromatic rings. The highest BCUT2D eigenvalue weighted by Gasteiger charge is 2.27. The Morgan fingerprint density at radius 2 is 1.86 bits per heavy atom. The van der Waals surface area contributed by atoms with Gasteiger partial charge in [-0.1, -0.05) is 41.9 Å². The van der Waals surface area contributed by atoms with Gasteiger partial charge in [-0.2, -0.15) is 0 Å². The smallest absolute Gasteiger partial charge is 0.265 e. The van der Waals surface area contributed by atoms with Gasteiger partial charge in [-0.05, 0) is 30.3 Å². The molecule has 0 bridgehead atoms. The summed E-state index contributed by atoms with van der Waals surface area (Å²) in [5, 5.41) is 3.12. The molecule has 1 N–H and O–H groups in total. The van der Waals surface area contributed by atoms with E-state index in [-0.39, 0.29) is 30.8 Å². The number of ether oxygens (including phenoxy) is 1. The van der Waals surface area contributed by atoms with Crippen molar-refractivity contribution in [2.75, 3.05) is 16.8 Å². The van der Waals surface area contributed by atoms with Gasteiger partial charge in [0.05, 0.1) is 22.8 Å². The zero-order valence-corrected chi connectivity index (χ0v) is 15.9. The topological polar surface area (TPSA) is 58.6 Å². The predicted molar refractivity (Wildman–Crippen MR) is 109 cm³/mol. The maximum absolute atomic E-state index is 14.0. The lowest BCUT2D eigenvalue weighted by Crippen LogP contribution is -2.38. The molecule has 146 valence electrons. The van der Waals surface area contributed by atoms with Crippen molar-refractivity contribution < 1.29 is 18.7 Å². The molecule has 3 aromatic carbocycles. The molecule has 4 rings (SSSR count). The Morgan fingerprint density at radius 3 is 2.66 bits per heavy atom. The Morgan fingerprint density at radius 1 is 1.10 bits per heavy atom. The SMILES string of the molecule is O=C(Nc1ccc2c(c1)OCC(=O)N2Cc1ccccc1F)c1ccccc1Cl. The number of rotatable bonds is 4. The molecule has 2 amide bonds. The number of carbonyl (C=O) groups excluding carboxylic acids is 2. The van der Waals surface area contributed by atoms with Crippen LogP contribution in [0.15, 0.2) is 66.7 Å². The molecule has 0 aliphatic carbocycles. The molecular formula is C22H16ClFN2O3. The fourth-order valence-corrected chi connectivity index (χ4v) is 3.32. The first kappa shape index (κ1) is 19.0. The number of fused-ring (bicyclic) bond motifs is 1. The summed E-state index contributed by atoms with van der Waals surface area (Å²) in [6.45, 7) is -0.0729. The highest BCUT2D eigenvalue weighted by Crippen LogP contribution is 2.36. The van der Waals surface area contributed by atoms with Crippen LogP contribution in [0, 0.1) is 5.82 Å². The van der Waals surface area contributed by atoms with Crippen LogP contribution in [0.5, 0.6) is 5.75 Å². The van der Waals surface area contributed by atoms with Gasteiger partial charge in [-0.3, -0.25) is 9.59 Å². The first-order valence-corrected chi connectivity index (χ1v) is 9.27. The molecule has 0 saturated heterocycles. The van der Waals surface area contributed by atoms with Gasteiger partial charge in [-0.15, -0.1) is 0 Å². The standard InChI is InChI=1S/C22H16ClFN2O3/c23-17-7-3-2-6-16(17)22(28)25-15-9-10-19-20(11-15)29-13-21(27)26(19)12-14-5-1-4-8-18(14)24/h1-11H,12-13H2,(H,25,28). The van der Waals surface area contributed by atoms with Gasteiger partial charge in [-0.25, -0.2) is 4.39 Å². The molecule has 7 heteroatoms. The summed E-state index contributed by atoms with van der Waals surface area (Å²) in [5.74, 6) is -0.575. The lowest BCUT2D eigenvalue weighted by atomic mass is 10.1. The van der Waals surface area contributed by atoms with Crippen molar-refractivity contribution in [2.24, 2.45) is 0 Å². The quantitative estimate of drug-likeness (QED) is 0.680. The largest absolute Gasteiger partial charge is 0.481 e. The second kappa shape index (κ2) is 7.93. The van der Waals surface area contributed by atoms with E-state index in [4.69, 9.17) is 16.3 Å². The Balaban J connectivity index is 1.58. The van der Waals surface area contributed by atoms with Crippen LogP contribution in [0.1, 0.15) is 15.9 Å². The van der Waals surface area contributed by atoms with Crippen LogP contribution in [0.4, 0.5) is 15.8 Å². The van der Waals surface area contributed by atoms with Gasteiger partial charge < -0.3 is 15.0 Å². The molecule has 0 aromatic heterocycles. The van der Waals surface area contributed by atoms with Crippen molar-refractivity contribution in [1.29, 1.82) is 0 Å². The van der Waals surface area contributed by atoms with Crippen molar-refractivity contribution in [3.63, 3.8) is 0 Å². The summed E-state index contributed by atoms with van der Waals surface area (Å²) in [6, 6.07) is 18.0. The van der Waals surface area contributed by atoms with E-state index in [2.05, 4.69) is 5.32 Å². The summed E-state index contributed by atoms with van der Waals surface area (Å²) in [5.41, 5.74) is 1.77. The number of hydrogen-bond acceptors (Lipinski definition) is 3. The Bertz CT molecular complexity index is 1100. The van der Waals surface area contributed by atoms with Crippen LogP contribution in [-0.2, 0) is 11.3 Å².